The molecule has 1 fully saturated rings. The quantitative estimate of drug-likeness (QED) is 0.708. The van der Waals surface area contributed by atoms with Gasteiger partial charge in [-0.3, -0.25) is 0 Å². The van der Waals surface area contributed by atoms with Crippen LogP contribution in [0.3, 0.4) is 0 Å². The first-order valence-electron chi connectivity index (χ1n) is 10.1. The van der Waals surface area contributed by atoms with E-state index in [1.165, 1.54) is 4.90 Å². The lowest BCUT2D eigenvalue weighted by atomic mass is 10.1. The van der Waals surface area contributed by atoms with Gasteiger partial charge in [0.1, 0.15) is 13.1 Å². The summed E-state index contributed by atoms with van der Waals surface area (Å²) in [6, 6.07) is 15.1. The van der Waals surface area contributed by atoms with Crippen LogP contribution in [0.1, 0.15) is 36.1 Å². The zero-order chi connectivity index (χ0) is 20.0. The highest BCUT2D eigenvalue weighted by Crippen LogP contribution is 2.18. The van der Waals surface area contributed by atoms with Gasteiger partial charge in [-0.1, -0.05) is 55.3 Å². The minimum absolute atomic E-state index is 0.269. The summed E-state index contributed by atoms with van der Waals surface area (Å²) in [6.45, 7) is 8.11. The fourth-order valence-corrected chi connectivity index (χ4v) is 4.78. The molecule has 3 rings (SSSR count). The second-order valence-electron chi connectivity index (χ2n) is 7.55. The summed E-state index contributed by atoms with van der Waals surface area (Å²) in [6.07, 6.45) is 2.00. The summed E-state index contributed by atoms with van der Waals surface area (Å²) < 4.78 is 34.5. The van der Waals surface area contributed by atoms with Crippen molar-refractivity contribution >= 4 is 10.0 Å². The first-order valence-corrected chi connectivity index (χ1v) is 11.6. The third kappa shape index (κ3) is 5.64. The molecule has 6 heteroatoms. The van der Waals surface area contributed by atoms with Crippen molar-refractivity contribution in [2.24, 2.45) is 0 Å². The van der Waals surface area contributed by atoms with E-state index in [0.29, 0.717) is 11.4 Å². The third-order valence-electron chi connectivity index (χ3n) is 5.24. The number of aryl methyl sites for hydroxylation is 2. The van der Waals surface area contributed by atoms with Gasteiger partial charge in [0.05, 0.1) is 30.7 Å². The summed E-state index contributed by atoms with van der Waals surface area (Å²) in [5.74, 6) is 0. The molecule has 0 aromatic heterocycles. The molecule has 2 aromatic carbocycles. The van der Waals surface area contributed by atoms with E-state index in [0.717, 1.165) is 55.8 Å². The molecular weight excluding hydrogens is 372 g/mol. The number of morpholine rings is 1. The predicted molar refractivity (Wildman–Crippen MR) is 111 cm³/mol. The van der Waals surface area contributed by atoms with Crippen LogP contribution in [0.2, 0.25) is 0 Å². The molecule has 1 aliphatic heterocycles. The average molecular weight is 404 g/mol. The molecule has 1 saturated heterocycles. The van der Waals surface area contributed by atoms with Crippen LogP contribution in [0.15, 0.2) is 53.4 Å². The van der Waals surface area contributed by atoms with E-state index in [-0.39, 0.29) is 6.04 Å². The van der Waals surface area contributed by atoms with Crippen LogP contribution >= 0.6 is 0 Å². The lowest BCUT2D eigenvalue weighted by Gasteiger charge is -2.28. The normalized spacial score (nSPS) is 16.8. The molecule has 1 aliphatic rings. The number of nitrogens with one attached hydrogen (secondary N) is 2. The van der Waals surface area contributed by atoms with Gasteiger partial charge in [-0.25, -0.2) is 8.42 Å². The van der Waals surface area contributed by atoms with Crippen molar-refractivity contribution in [3.8, 4) is 0 Å². The molecule has 0 aliphatic carbocycles. The summed E-state index contributed by atoms with van der Waals surface area (Å²) in [5, 5.41) is 0. The van der Waals surface area contributed by atoms with Crippen molar-refractivity contribution in [3.05, 3.63) is 65.2 Å². The molecule has 0 unspecified atom stereocenters. The van der Waals surface area contributed by atoms with Crippen molar-refractivity contribution < 1.29 is 18.1 Å². The predicted octanol–water partition coefficient (Wildman–Crippen LogP) is 1.88. The molecular formula is C22H31N2O3S+. The van der Waals surface area contributed by atoms with E-state index in [2.05, 4.69) is 11.6 Å². The Morgan fingerprint density at radius 2 is 1.68 bits per heavy atom. The molecule has 152 valence electrons. The Morgan fingerprint density at radius 1 is 1.04 bits per heavy atom. The number of ether oxygens (including phenoxy) is 1. The fourth-order valence-electron chi connectivity index (χ4n) is 3.56. The minimum atomic E-state index is -3.59. The van der Waals surface area contributed by atoms with Gasteiger partial charge in [0.15, 0.2) is 0 Å². The van der Waals surface area contributed by atoms with Gasteiger partial charge in [0.25, 0.3) is 0 Å². The maximum atomic E-state index is 13.0. The summed E-state index contributed by atoms with van der Waals surface area (Å²) >= 11 is 0. The summed E-state index contributed by atoms with van der Waals surface area (Å²) in [7, 11) is -3.59. The van der Waals surface area contributed by atoms with Crippen molar-refractivity contribution in [2.75, 3.05) is 32.8 Å². The van der Waals surface area contributed by atoms with Crippen LogP contribution < -0.4 is 9.62 Å². The van der Waals surface area contributed by atoms with Gasteiger partial charge in [-0.2, -0.15) is 4.72 Å². The third-order valence-corrected chi connectivity index (χ3v) is 6.73. The molecule has 1 heterocycles. The Balaban J connectivity index is 1.81. The fraction of sp³-hybridized carbons (Fsp3) is 0.455. The van der Waals surface area contributed by atoms with Crippen LogP contribution in [0.5, 0.6) is 0 Å². The van der Waals surface area contributed by atoms with Gasteiger partial charge < -0.3 is 9.64 Å². The Hall–Kier alpha value is -1.73. The summed E-state index contributed by atoms with van der Waals surface area (Å²) in [5.41, 5.74) is 3.32. The first-order chi connectivity index (χ1) is 13.5. The van der Waals surface area contributed by atoms with E-state index in [1.54, 1.807) is 12.1 Å². The standard InChI is InChI=1S/C22H30N2O3S/c1-3-4-19-7-11-21(12-8-19)28(25,26)23-22(17-24-13-15-27-16-14-24)20-9-5-18(2)6-10-20/h5-12,22-23H,3-4,13-17H2,1-2H3/p+1/t22-/m0/s1. The molecule has 0 amide bonds. The van der Waals surface area contributed by atoms with Crippen LogP contribution in [-0.2, 0) is 21.2 Å². The molecule has 0 radical (unpaired) electrons. The van der Waals surface area contributed by atoms with E-state index >= 15 is 0 Å². The first kappa shape index (κ1) is 21.0. The van der Waals surface area contributed by atoms with Crippen LogP contribution in [0.4, 0.5) is 0 Å². The highest BCUT2D eigenvalue weighted by Gasteiger charge is 2.26. The lowest BCUT2D eigenvalue weighted by molar-refractivity contribution is -0.909. The number of quaternary nitrogens is 1. The average Bonchev–Trinajstić information content (AvgIpc) is 2.69. The number of hydrogen-bond donors (Lipinski definition) is 2. The topological polar surface area (TPSA) is 59.8 Å². The minimum Gasteiger partial charge on any atom is -0.370 e. The molecule has 1 atom stereocenters. The Morgan fingerprint density at radius 3 is 2.29 bits per heavy atom. The van der Waals surface area contributed by atoms with Crippen molar-refractivity contribution in [2.45, 2.75) is 37.6 Å². The Labute approximate surface area is 168 Å². The Kier molecular flexibility index (Phi) is 7.24. The SMILES string of the molecule is CCCc1ccc(S(=O)(=O)N[C@@H](C[NH+]2CCOCC2)c2ccc(C)cc2)cc1. The smallest absolute Gasteiger partial charge is 0.241 e. The van der Waals surface area contributed by atoms with Crippen molar-refractivity contribution in [1.82, 2.24) is 4.72 Å². The second kappa shape index (κ2) is 9.65. The summed E-state index contributed by atoms with van der Waals surface area (Å²) in [4.78, 5) is 1.68. The highest BCUT2D eigenvalue weighted by atomic mass is 32.2. The molecule has 2 aromatic rings. The number of sulfonamides is 1. The van der Waals surface area contributed by atoms with Crippen molar-refractivity contribution in [1.29, 1.82) is 0 Å². The van der Waals surface area contributed by atoms with Crippen LogP contribution in [0.25, 0.3) is 0 Å². The molecule has 28 heavy (non-hydrogen) atoms. The monoisotopic (exact) mass is 403 g/mol. The van der Waals surface area contributed by atoms with E-state index in [1.807, 2.05) is 43.3 Å². The van der Waals surface area contributed by atoms with Gasteiger partial charge in [-0.15, -0.1) is 0 Å². The number of rotatable bonds is 8. The van der Waals surface area contributed by atoms with E-state index in [9.17, 15) is 8.42 Å². The zero-order valence-corrected chi connectivity index (χ0v) is 17.6. The van der Waals surface area contributed by atoms with E-state index < -0.39 is 10.0 Å². The van der Waals surface area contributed by atoms with Crippen LogP contribution in [0, 0.1) is 6.92 Å². The van der Waals surface area contributed by atoms with Gasteiger partial charge in [0, 0.05) is 0 Å². The molecule has 0 saturated carbocycles. The number of benzene rings is 2. The van der Waals surface area contributed by atoms with Gasteiger partial charge in [0.2, 0.25) is 10.0 Å². The van der Waals surface area contributed by atoms with E-state index in [4.69, 9.17) is 4.74 Å². The Bertz CT molecular complexity index is 842. The molecule has 2 N–H and O–H groups in total. The zero-order valence-electron chi connectivity index (χ0n) is 16.8. The lowest BCUT2D eigenvalue weighted by Crippen LogP contribution is -3.14. The van der Waals surface area contributed by atoms with Gasteiger partial charge >= 0.3 is 0 Å². The second-order valence-corrected chi connectivity index (χ2v) is 9.26. The largest absolute Gasteiger partial charge is 0.370 e. The van der Waals surface area contributed by atoms with Gasteiger partial charge in [-0.05, 0) is 36.6 Å². The molecule has 0 bridgehead atoms. The maximum absolute atomic E-state index is 13.0. The van der Waals surface area contributed by atoms with Crippen LogP contribution in [-0.4, -0.2) is 41.3 Å². The number of hydrogen-bond acceptors (Lipinski definition) is 3. The molecule has 0 spiro atoms. The molecule has 5 nitrogen and oxygen atoms in total. The maximum Gasteiger partial charge on any atom is 0.241 e. The highest BCUT2D eigenvalue weighted by molar-refractivity contribution is 7.89. The van der Waals surface area contributed by atoms with Crippen molar-refractivity contribution in [3.63, 3.8) is 0 Å².